The molecule has 0 aliphatic heterocycles. The van der Waals surface area contributed by atoms with Gasteiger partial charge in [-0.05, 0) is 42.5 Å². The Bertz CT molecular complexity index is 287. The molecule has 0 unspecified atom stereocenters. The van der Waals surface area contributed by atoms with E-state index in [0.29, 0.717) is 5.92 Å². The molecule has 0 nitrogen and oxygen atoms in total. The van der Waals surface area contributed by atoms with Crippen LogP contribution in [0, 0.1) is 13.8 Å². The minimum absolute atomic E-state index is 0.584. The van der Waals surface area contributed by atoms with Crippen LogP contribution in [0.5, 0.6) is 0 Å². The van der Waals surface area contributed by atoms with Gasteiger partial charge in [-0.2, -0.15) is 0 Å². The summed E-state index contributed by atoms with van der Waals surface area (Å²) in [5, 5.41) is 0.872. The van der Waals surface area contributed by atoms with Gasteiger partial charge >= 0.3 is 0 Å². The first-order chi connectivity index (χ1) is 5.54. The van der Waals surface area contributed by atoms with Crippen LogP contribution in [-0.2, 0) is 0 Å². The van der Waals surface area contributed by atoms with E-state index >= 15 is 0 Å². The van der Waals surface area contributed by atoms with Gasteiger partial charge in [-0.15, -0.1) is 0 Å². The third kappa shape index (κ3) is 1.64. The summed E-state index contributed by atoms with van der Waals surface area (Å²) in [4.78, 5) is 0. The van der Waals surface area contributed by atoms with Gasteiger partial charge in [0.15, 0.2) is 0 Å². The van der Waals surface area contributed by atoms with Crippen molar-refractivity contribution in [3.63, 3.8) is 0 Å². The van der Waals surface area contributed by atoms with E-state index in [9.17, 15) is 0 Å². The average Bonchev–Trinajstić information content (AvgIpc) is 2.00. The SMILES string of the molecule is Cc1c(Cl)ccc(C(C)C)c1C. The Labute approximate surface area is 79.6 Å². The summed E-state index contributed by atoms with van der Waals surface area (Å²) in [6.45, 7) is 8.62. The molecule has 1 heteroatoms. The van der Waals surface area contributed by atoms with Crippen LogP contribution >= 0.6 is 11.6 Å². The maximum atomic E-state index is 5.99. The van der Waals surface area contributed by atoms with Crippen molar-refractivity contribution < 1.29 is 0 Å². The molecule has 0 N–H and O–H groups in total. The van der Waals surface area contributed by atoms with Crippen LogP contribution in [0.25, 0.3) is 0 Å². The molecule has 0 fully saturated rings. The summed E-state index contributed by atoms with van der Waals surface area (Å²) in [6.07, 6.45) is 0. The highest BCUT2D eigenvalue weighted by Gasteiger charge is 2.06. The van der Waals surface area contributed by atoms with E-state index in [0.717, 1.165) is 5.02 Å². The second-order valence-corrected chi connectivity index (χ2v) is 3.95. The fraction of sp³-hybridized carbons (Fsp3) is 0.455. The predicted molar refractivity (Wildman–Crippen MR) is 55.0 cm³/mol. The summed E-state index contributed by atoms with van der Waals surface area (Å²) in [5.41, 5.74) is 3.94. The lowest BCUT2D eigenvalue weighted by Gasteiger charge is -2.12. The second kappa shape index (κ2) is 3.49. The van der Waals surface area contributed by atoms with Crippen molar-refractivity contribution in [3.8, 4) is 0 Å². The maximum Gasteiger partial charge on any atom is 0.0438 e. The zero-order valence-electron chi connectivity index (χ0n) is 8.11. The first-order valence-electron chi connectivity index (χ1n) is 4.29. The Kier molecular flexibility index (Phi) is 2.79. The van der Waals surface area contributed by atoms with Crippen LogP contribution in [0.15, 0.2) is 12.1 Å². The highest BCUT2D eigenvalue weighted by Crippen LogP contribution is 2.26. The van der Waals surface area contributed by atoms with Gasteiger partial charge in [-0.3, -0.25) is 0 Å². The van der Waals surface area contributed by atoms with E-state index < -0.39 is 0 Å². The van der Waals surface area contributed by atoms with Crippen molar-refractivity contribution in [2.75, 3.05) is 0 Å². The highest BCUT2D eigenvalue weighted by molar-refractivity contribution is 6.31. The van der Waals surface area contributed by atoms with Gasteiger partial charge < -0.3 is 0 Å². The summed E-state index contributed by atoms with van der Waals surface area (Å²) >= 11 is 5.99. The molecular weight excluding hydrogens is 168 g/mol. The summed E-state index contributed by atoms with van der Waals surface area (Å²) in [6, 6.07) is 4.11. The minimum Gasteiger partial charge on any atom is -0.0840 e. The summed E-state index contributed by atoms with van der Waals surface area (Å²) in [7, 11) is 0. The molecule has 0 aliphatic rings. The van der Waals surface area contributed by atoms with Gasteiger partial charge in [0.1, 0.15) is 0 Å². The zero-order valence-corrected chi connectivity index (χ0v) is 8.87. The Hall–Kier alpha value is -0.490. The molecule has 12 heavy (non-hydrogen) atoms. The number of halogens is 1. The highest BCUT2D eigenvalue weighted by atomic mass is 35.5. The Morgan fingerprint density at radius 1 is 1.08 bits per heavy atom. The molecule has 66 valence electrons. The van der Waals surface area contributed by atoms with Gasteiger partial charge in [0.25, 0.3) is 0 Å². The molecule has 1 aromatic rings. The number of rotatable bonds is 1. The van der Waals surface area contributed by atoms with Crippen molar-refractivity contribution in [1.82, 2.24) is 0 Å². The maximum absolute atomic E-state index is 5.99. The van der Waals surface area contributed by atoms with E-state index in [1.54, 1.807) is 0 Å². The molecule has 0 amide bonds. The minimum atomic E-state index is 0.584. The first kappa shape index (κ1) is 9.60. The number of hydrogen-bond acceptors (Lipinski definition) is 0. The summed E-state index contributed by atoms with van der Waals surface area (Å²) < 4.78 is 0. The van der Waals surface area contributed by atoms with Crippen molar-refractivity contribution in [1.29, 1.82) is 0 Å². The molecule has 0 atom stereocenters. The van der Waals surface area contributed by atoms with Crippen LogP contribution in [0.4, 0.5) is 0 Å². The molecule has 0 bridgehead atoms. The molecule has 0 heterocycles. The van der Waals surface area contributed by atoms with Crippen LogP contribution in [0.2, 0.25) is 5.02 Å². The predicted octanol–water partition coefficient (Wildman–Crippen LogP) is 4.08. The third-order valence-electron chi connectivity index (χ3n) is 2.38. The monoisotopic (exact) mass is 182 g/mol. The second-order valence-electron chi connectivity index (χ2n) is 3.54. The molecular formula is C11H15Cl. The van der Waals surface area contributed by atoms with Gasteiger partial charge in [-0.1, -0.05) is 31.5 Å². The van der Waals surface area contributed by atoms with Crippen molar-refractivity contribution in [2.24, 2.45) is 0 Å². The fourth-order valence-corrected chi connectivity index (χ4v) is 1.64. The molecule has 0 spiro atoms. The van der Waals surface area contributed by atoms with Crippen LogP contribution in [0.3, 0.4) is 0 Å². The van der Waals surface area contributed by atoms with E-state index in [-0.39, 0.29) is 0 Å². The molecule has 0 saturated carbocycles. The first-order valence-corrected chi connectivity index (χ1v) is 4.67. The molecule has 0 aromatic heterocycles. The lowest BCUT2D eigenvalue weighted by Crippen LogP contribution is -1.94. The average molecular weight is 183 g/mol. The normalized spacial score (nSPS) is 10.8. The molecule has 1 rings (SSSR count). The van der Waals surface area contributed by atoms with Crippen LogP contribution in [0.1, 0.15) is 36.5 Å². The number of hydrogen-bond donors (Lipinski definition) is 0. The summed E-state index contributed by atoms with van der Waals surface area (Å²) in [5.74, 6) is 0.584. The number of benzene rings is 1. The Balaban J connectivity index is 3.27. The van der Waals surface area contributed by atoms with Crippen molar-refractivity contribution in [3.05, 3.63) is 33.8 Å². The largest absolute Gasteiger partial charge is 0.0840 e. The Morgan fingerprint density at radius 3 is 2.17 bits per heavy atom. The quantitative estimate of drug-likeness (QED) is 0.614. The third-order valence-corrected chi connectivity index (χ3v) is 2.79. The fourth-order valence-electron chi connectivity index (χ4n) is 1.43. The van der Waals surface area contributed by atoms with E-state index in [4.69, 9.17) is 11.6 Å². The van der Waals surface area contributed by atoms with E-state index in [1.807, 2.05) is 6.07 Å². The lowest BCUT2D eigenvalue weighted by molar-refractivity contribution is 0.854. The van der Waals surface area contributed by atoms with Crippen LogP contribution in [-0.4, -0.2) is 0 Å². The Morgan fingerprint density at radius 2 is 1.67 bits per heavy atom. The van der Waals surface area contributed by atoms with Gasteiger partial charge in [0.05, 0.1) is 0 Å². The molecule has 0 radical (unpaired) electrons. The van der Waals surface area contributed by atoms with Crippen LogP contribution < -0.4 is 0 Å². The van der Waals surface area contributed by atoms with Crippen molar-refractivity contribution in [2.45, 2.75) is 33.6 Å². The van der Waals surface area contributed by atoms with E-state index in [2.05, 4.69) is 33.8 Å². The standard InChI is InChI=1S/C11H15Cl/c1-7(2)10-5-6-11(12)9(4)8(10)3/h5-7H,1-4H3. The smallest absolute Gasteiger partial charge is 0.0438 e. The molecule has 0 aliphatic carbocycles. The molecule has 0 saturated heterocycles. The lowest BCUT2D eigenvalue weighted by atomic mass is 9.95. The van der Waals surface area contributed by atoms with Gasteiger partial charge in [0, 0.05) is 5.02 Å². The van der Waals surface area contributed by atoms with E-state index in [1.165, 1.54) is 16.7 Å². The van der Waals surface area contributed by atoms with Gasteiger partial charge in [-0.25, -0.2) is 0 Å². The van der Waals surface area contributed by atoms with Gasteiger partial charge in [0.2, 0.25) is 0 Å². The zero-order chi connectivity index (χ0) is 9.30. The molecule has 1 aromatic carbocycles. The topological polar surface area (TPSA) is 0 Å². The van der Waals surface area contributed by atoms with Crippen molar-refractivity contribution >= 4 is 11.6 Å².